The summed E-state index contributed by atoms with van der Waals surface area (Å²) in [6.45, 7) is 5.54. The Morgan fingerprint density at radius 1 is 1.06 bits per heavy atom. The molecule has 0 spiro atoms. The van der Waals surface area contributed by atoms with Crippen LogP contribution in [0.25, 0.3) is 5.69 Å². The minimum atomic E-state index is -1.20. The standard InChI is InChI=1S/C13H13F3N2/c1-4-9-7(2)17-18(8(9)3)13-6-11(15)10(14)5-12(13)16/h5-6H,4H2,1-3H3. The lowest BCUT2D eigenvalue weighted by atomic mass is 10.1. The van der Waals surface area contributed by atoms with Gasteiger partial charge in [0.25, 0.3) is 0 Å². The normalized spacial score (nSPS) is 11.0. The van der Waals surface area contributed by atoms with E-state index in [2.05, 4.69) is 5.10 Å². The summed E-state index contributed by atoms with van der Waals surface area (Å²) < 4.78 is 41.0. The van der Waals surface area contributed by atoms with Crippen LogP contribution in [0, 0.1) is 31.3 Å². The first-order chi connectivity index (χ1) is 8.45. The largest absolute Gasteiger partial charge is 0.234 e. The van der Waals surface area contributed by atoms with Crippen molar-refractivity contribution in [3.8, 4) is 5.69 Å². The highest BCUT2D eigenvalue weighted by atomic mass is 19.2. The van der Waals surface area contributed by atoms with Crippen molar-refractivity contribution in [2.45, 2.75) is 27.2 Å². The van der Waals surface area contributed by atoms with E-state index in [1.165, 1.54) is 4.68 Å². The van der Waals surface area contributed by atoms with E-state index < -0.39 is 17.5 Å². The fourth-order valence-electron chi connectivity index (χ4n) is 2.10. The van der Waals surface area contributed by atoms with Gasteiger partial charge in [0.1, 0.15) is 5.69 Å². The van der Waals surface area contributed by atoms with Gasteiger partial charge in [0.2, 0.25) is 0 Å². The number of hydrogen-bond donors (Lipinski definition) is 0. The third kappa shape index (κ3) is 1.89. The number of aromatic nitrogens is 2. The Morgan fingerprint density at radius 3 is 2.22 bits per heavy atom. The average Bonchev–Trinajstić information content (AvgIpc) is 2.59. The first kappa shape index (κ1) is 12.7. The van der Waals surface area contributed by atoms with Crippen LogP contribution in [0.5, 0.6) is 0 Å². The van der Waals surface area contributed by atoms with Gasteiger partial charge in [-0.15, -0.1) is 0 Å². The van der Waals surface area contributed by atoms with Crippen molar-refractivity contribution in [3.63, 3.8) is 0 Å². The van der Waals surface area contributed by atoms with Crippen LogP contribution < -0.4 is 0 Å². The summed E-state index contributed by atoms with van der Waals surface area (Å²) >= 11 is 0. The van der Waals surface area contributed by atoms with Crippen molar-refractivity contribution < 1.29 is 13.2 Å². The van der Waals surface area contributed by atoms with E-state index in [0.717, 1.165) is 29.4 Å². The average molecular weight is 254 g/mol. The van der Waals surface area contributed by atoms with Gasteiger partial charge in [-0.05, 0) is 25.8 Å². The number of aryl methyl sites for hydroxylation is 1. The van der Waals surface area contributed by atoms with Crippen molar-refractivity contribution in [2.75, 3.05) is 0 Å². The van der Waals surface area contributed by atoms with Crippen LogP contribution in [0.3, 0.4) is 0 Å². The highest BCUT2D eigenvalue weighted by Gasteiger charge is 2.16. The van der Waals surface area contributed by atoms with E-state index in [0.29, 0.717) is 6.07 Å². The molecule has 96 valence electrons. The van der Waals surface area contributed by atoms with Gasteiger partial charge in [-0.2, -0.15) is 5.10 Å². The molecular weight excluding hydrogens is 241 g/mol. The quantitative estimate of drug-likeness (QED) is 0.750. The van der Waals surface area contributed by atoms with E-state index in [4.69, 9.17) is 0 Å². The molecule has 0 bridgehead atoms. The zero-order valence-electron chi connectivity index (χ0n) is 10.4. The fraction of sp³-hybridized carbons (Fsp3) is 0.308. The molecule has 0 aliphatic rings. The van der Waals surface area contributed by atoms with Crippen molar-refractivity contribution in [2.24, 2.45) is 0 Å². The summed E-state index contributed by atoms with van der Waals surface area (Å²) in [5.41, 5.74) is 2.41. The Hall–Kier alpha value is -1.78. The first-order valence-corrected chi connectivity index (χ1v) is 5.65. The number of rotatable bonds is 2. The Kier molecular flexibility index (Phi) is 3.15. The highest BCUT2D eigenvalue weighted by molar-refractivity contribution is 5.39. The number of nitrogens with zero attached hydrogens (tertiary/aromatic N) is 2. The van der Waals surface area contributed by atoms with Crippen molar-refractivity contribution in [1.29, 1.82) is 0 Å². The van der Waals surface area contributed by atoms with Gasteiger partial charge in [-0.25, -0.2) is 17.9 Å². The highest BCUT2D eigenvalue weighted by Crippen LogP contribution is 2.22. The van der Waals surface area contributed by atoms with E-state index in [1.54, 1.807) is 13.8 Å². The molecule has 0 saturated carbocycles. The van der Waals surface area contributed by atoms with Crippen LogP contribution in [-0.2, 0) is 6.42 Å². The molecule has 0 fully saturated rings. The molecule has 5 heteroatoms. The predicted octanol–water partition coefficient (Wildman–Crippen LogP) is 3.47. The number of halogens is 3. The molecule has 0 aliphatic heterocycles. The molecule has 0 saturated heterocycles. The maximum absolute atomic E-state index is 13.7. The summed E-state index contributed by atoms with van der Waals surface area (Å²) in [4.78, 5) is 0. The predicted molar refractivity (Wildman–Crippen MR) is 62.3 cm³/mol. The van der Waals surface area contributed by atoms with E-state index in [9.17, 15) is 13.2 Å². The van der Waals surface area contributed by atoms with Crippen molar-refractivity contribution in [1.82, 2.24) is 9.78 Å². The molecule has 2 aromatic rings. The number of hydrogen-bond acceptors (Lipinski definition) is 1. The van der Waals surface area contributed by atoms with Gasteiger partial charge in [0, 0.05) is 17.8 Å². The molecule has 0 atom stereocenters. The van der Waals surface area contributed by atoms with Crippen LogP contribution in [0.1, 0.15) is 23.9 Å². The maximum atomic E-state index is 13.7. The molecule has 18 heavy (non-hydrogen) atoms. The van der Waals surface area contributed by atoms with Crippen molar-refractivity contribution >= 4 is 0 Å². The Balaban J connectivity index is 2.66. The molecule has 0 radical (unpaired) electrons. The van der Waals surface area contributed by atoms with E-state index >= 15 is 0 Å². The van der Waals surface area contributed by atoms with Gasteiger partial charge in [0.15, 0.2) is 17.5 Å². The van der Waals surface area contributed by atoms with Gasteiger partial charge < -0.3 is 0 Å². The summed E-state index contributed by atoms with van der Waals surface area (Å²) in [5, 5.41) is 4.17. The second-order valence-corrected chi connectivity index (χ2v) is 4.13. The topological polar surface area (TPSA) is 17.8 Å². The molecule has 1 aromatic heterocycles. The first-order valence-electron chi connectivity index (χ1n) is 5.65. The molecular formula is C13H13F3N2. The fourth-order valence-corrected chi connectivity index (χ4v) is 2.10. The smallest absolute Gasteiger partial charge is 0.161 e. The minimum Gasteiger partial charge on any atom is -0.234 e. The molecule has 1 aromatic carbocycles. The zero-order chi connectivity index (χ0) is 13.4. The third-order valence-corrected chi connectivity index (χ3v) is 3.01. The molecule has 0 unspecified atom stereocenters. The van der Waals surface area contributed by atoms with Gasteiger partial charge in [-0.3, -0.25) is 0 Å². The lowest BCUT2D eigenvalue weighted by Gasteiger charge is -2.07. The Labute approximate surface area is 103 Å². The number of benzene rings is 1. The lowest BCUT2D eigenvalue weighted by molar-refractivity contribution is 0.491. The monoisotopic (exact) mass is 254 g/mol. The molecule has 0 aliphatic carbocycles. The van der Waals surface area contributed by atoms with Gasteiger partial charge >= 0.3 is 0 Å². The minimum absolute atomic E-state index is 0.0748. The van der Waals surface area contributed by atoms with Crippen LogP contribution in [0.15, 0.2) is 12.1 Å². The second kappa shape index (κ2) is 4.48. The van der Waals surface area contributed by atoms with Crippen LogP contribution in [-0.4, -0.2) is 9.78 Å². The zero-order valence-corrected chi connectivity index (χ0v) is 10.4. The summed E-state index contributed by atoms with van der Waals surface area (Å²) in [5.74, 6) is -3.12. The van der Waals surface area contributed by atoms with Crippen LogP contribution >= 0.6 is 0 Å². The SMILES string of the molecule is CCc1c(C)nn(-c2cc(F)c(F)cc2F)c1C. The molecule has 2 nitrogen and oxygen atoms in total. The maximum Gasteiger partial charge on any atom is 0.161 e. The summed E-state index contributed by atoms with van der Waals surface area (Å²) in [6.07, 6.45) is 0.753. The molecule has 0 N–H and O–H groups in total. The third-order valence-electron chi connectivity index (χ3n) is 3.01. The van der Waals surface area contributed by atoms with Crippen LogP contribution in [0.2, 0.25) is 0 Å². The van der Waals surface area contributed by atoms with Crippen LogP contribution in [0.4, 0.5) is 13.2 Å². The summed E-state index contributed by atoms with van der Waals surface area (Å²) in [7, 11) is 0. The second-order valence-electron chi connectivity index (χ2n) is 4.13. The van der Waals surface area contributed by atoms with E-state index in [1.807, 2.05) is 6.92 Å². The van der Waals surface area contributed by atoms with Gasteiger partial charge in [0.05, 0.1) is 5.69 Å². The lowest BCUT2D eigenvalue weighted by Crippen LogP contribution is -2.04. The Bertz CT molecular complexity index is 603. The summed E-state index contributed by atoms with van der Waals surface area (Å²) in [6, 6.07) is 1.36. The van der Waals surface area contributed by atoms with Crippen molar-refractivity contribution in [3.05, 3.63) is 46.5 Å². The van der Waals surface area contributed by atoms with E-state index in [-0.39, 0.29) is 5.69 Å². The molecule has 0 amide bonds. The molecule has 2 rings (SSSR count). The van der Waals surface area contributed by atoms with Gasteiger partial charge in [-0.1, -0.05) is 6.92 Å². The Morgan fingerprint density at radius 2 is 1.67 bits per heavy atom. The molecule has 1 heterocycles.